The molecule has 8 heteroatoms. The quantitative estimate of drug-likeness (QED) is 0.697. The molecule has 0 atom stereocenters. The number of nitrogens with one attached hydrogen (secondary N) is 1. The molecule has 1 amide bonds. The maximum atomic E-state index is 12.2. The minimum Gasteiger partial charge on any atom is -0.451 e. The zero-order valence-electron chi connectivity index (χ0n) is 15.3. The number of hydrogen-bond donors (Lipinski definition) is 1. The monoisotopic (exact) mass is 365 g/mol. The number of anilines is 1. The van der Waals surface area contributed by atoms with Crippen LogP contribution in [0.15, 0.2) is 42.7 Å². The van der Waals surface area contributed by atoms with E-state index in [9.17, 15) is 9.59 Å². The fourth-order valence-electron chi connectivity index (χ4n) is 2.52. The summed E-state index contributed by atoms with van der Waals surface area (Å²) in [5.74, 6) is -1.16. The lowest BCUT2D eigenvalue weighted by Crippen LogP contribution is -2.22. The zero-order valence-corrected chi connectivity index (χ0v) is 15.3. The third kappa shape index (κ3) is 4.17. The molecular weight excluding hydrogens is 346 g/mol. The molecule has 1 N–H and O–H groups in total. The fraction of sp³-hybridized carbons (Fsp3) is 0.211. The molecule has 138 valence electrons. The minimum absolute atomic E-state index is 0.0534. The van der Waals surface area contributed by atoms with Crippen LogP contribution < -0.4 is 5.32 Å². The average molecular weight is 365 g/mol. The number of para-hydroxylation sites is 1. The molecule has 0 fully saturated rings. The molecule has 1 aromatic carbocycles. The van der Waals surface area contributed by atoms with Crippen LogP contribution in [0, 0.1) is 20.8 Å². The zero-order chi connectivity index (χ0) is 19.4. The number of rotatable bonds is 5. The van der Waals surface area contributed by atoms with E-state index in [0.29, 0.717) is 17.1 Å². The molecule has 0 saturated carbocycles. The summed E-state index contributed by atoms with van der Waals surface area (Å²) in [6.45, 7) is 4.99. The highest BCUT2D eigenvalue weighted by molar-refractivity contribution is 5.95. The molecular formula is C19H19N5O3. The number of amides is 1. The van der Waals surface area contributed by atoms with E-state index >= 15 is 0 Å². The van der Waals surface area contributed by atoms with E-state index in [1.54, 1.807) is 18.5 Å². The first kappa shape index (κ1) is 18.2. The van der Waals surface area contributed by atoms with Crippen LogP contribution >= 0.6 is 0 Å². The summed E-state index contributed by atoms with van der Waals surface area (Å²) in [6, 6.07) is 9.60. The summed E-state index contributed by atoms with van der Waals surface area (Å²) in [6.07, 6.45) is 2.77. The molecule has 0 aliphatic carbocycles. The molecule has 3 rings (SSSR count). The molecule has 2 heterocycles. The third-order valence-corrected chi connectivity index (χ3v) is 3.88. The van der Waals surface area contributed by atoms with Crippen LogP contribution in [0.2, 0.25) is 0 Å². The standard InChI is InChI=1S/C19H19N5O3/c1-12-9-21-16(10-20-12)19(26)27-11-17(25)22-18-13(2)23-24(14(18)3)15-7-5-4-6-8-15/h4-10H,11H2,1-3H3,(H,22,25). The molecule has 0 saturated heterocycles. The van der Waals surface area contributed by atoms with Gasteiger partial charge < -0.3 is 10.1 Å². The molecule has 0 aliphatic heterocycles. The molecule has 2 aromatic heterocycles. The lowest BCUT2D eigenvalue weighted by molar-refractivity contribution is -0.119. The van der Waals surface area contributed by atoms with Gasteiger partial charge in [-0.2, -0.15) is 5.10 Å². The number of benzene rings is 1. The van der Waals surface area contributed by atoms with Gasteiger partial charge in [0.05, 0.1) is 34.7 Å². The van der Waals surface area contributed by atoms with E-state index in [1.807, 2.05) is 37.3 Å². The molecule has 0 aliphatic rings. The van der Waals surface area contributed by atoms with Crippen LogP contribution in [0.25, 0.3) is 5.69 Å². The number of hydrogen-bond acceptors (Lipinski definition) is 6. The Bertz CT molecular complexity index is 965. The number of aromatic nitrogens is 4. The summed E-state index contributed by atoms with van der Waals surface area (Å²) in [7, 11) is 0. The number of esters is 1. The molecule has 8 nitrogen and oxygen atoms in total. The Hall–Kier alpha value is -3.55. The Morgan fingerprint density at radius 2 is 1.81 bits per heavy atom. The average Bonchev–Trinajstić information content (AvgIpc) is 2.95. The van der Waals surface area contributed by atoms with E-state index in [1.165, 1.54) is 12.4 Å². The molecule has 0 spiro atoms. The summed E-state index contributed by atoms with van der Waals surface area (Å²) >= 11 is 0. The molecule has 0 unspecified atom stereocenters. The SMILES string of the molecule is Cc1cnc(C(=O)OCC(=O)Nc2c(C)nn(-c3ccccc3)c2C)cn1. The maximum absolute atomic E-state index is 12.2. The topological polar surface area (TPSA) is 99.0 Å². The van der Waals surface area contributed by atoms with Gasteiger partial charge in [0.2, 0.25) is 0 Å². The second-order valence-electron chi connectivity index (χ2n) is 5.96. The van der Waals surface area contributed by atoms with Crippen molar-refractivity contribution in [3.63, 3.8) is 0 Å². The van der Waals surface area contributed by atoms with E-state index in [-0.39, 0.29) is 5.69 Å². The van der Waals surface area contributed by atoms with Crippen molar-refractivity contribution in [3.8, 4) is 5.69 Å². The lowest BCUT2D eigenvalue weighted by atomic mass is 10.3. The van der Waals surface area contributed by atoms with Crippen LogP contribution in [-0.4, -0.2) is 38.2 Å². The van der Waals surface area contributed by atoms with Crippen LogP contribution in [0.5, 0.6) is 0 Å². The highest BCUT2D eigenvalue weighted by Gasteiger charge is 2.17. The first-order chi connectivity index (χ1) is 13.0. The summed E-state index contributed by atoms with van der Waals surface area (Å²) in [5, 5.41) is 7.21. The van der Waals surface area contributed by atoms with Crippen LogP contribution in [-0.2, 0) is 9.53 Å². The van der Waals surface area contributed by atoms with Gasteiger partial charge in [-0.15, -0.1) is 0 Å². The van der Waals surface area contributed by atoms with Gasteiger partial charge >= 0.3 is 5.97 Å². The van der Waals surface area contributed by atoms with Crippen molar-refractivity contribution in [1.82, 2.24) is 19.7 Å². The first-order valence-corrected chi connectivity index (χ1v) is 8.33. The maximum Gasteiger partial charge on any atom is 0.359 e. The van der Waals surface area contributed by atoms with Crippen molar-refractivity contribution in [2.24, 2.45) is 0 Å². The van der Waals surface area contributed by atoms with Crippen LogP contribution in [0.3, 0.4) is 0 Å². The summed E-state index contributed by atoms with van der Waals surface area (Å²) < 4.78 is 6.74. The van der Waals surface area contributed by atoms with Crippen LogP contribution in [0.1, 0.15) is 27.6 Å². The van der Waals surface area contributed by atoms with Gasteiger partial charge in [0.25, 0.3) is 5.91 Å². The van der Waals surface area contributed by atoms with Crippen molar-refractivity contribution < 1.29 is 14.3 Å². The van der Waals surface area contributed by atoms with Crippen molar-refractivity contribution in [1.29, 1.82) is 0 Å². The van der Waals surface area contributed by atoms with Gasteiger partial charge in [-0.3, -0.25) is 9.78 Å². The third-order valence-electron chi connectivity index (χ3n) is 3.88. The van der Waals surface area contributed by atoms with Gasteiger partial charge in [-0.05, 0) is 32.9 Å². The highest BCUT2D eigenvalue weighted by atomic mass is 16.5. The minimum atomic E-state index is -0.703. The fourth-order valence-corrected chi connectivity index (χ4v) is 2.52. The van der Waals surface area contributed by atoms with Gasteiger partial charge in [0, 0.05) is 6.20 Å². The lowest BCUT2D eigenvalue weighted by Gasteiger charge is -2.08. The highest BCUT2D eigenvalue weighted by Crippen LogP contribution is 2.22. The molecule has 27 heavy (non-hydrogen) atoms. The Balaban J connectivity index is 1.65. The number of ether oxygens (including phenoxy) is 1. The van der Waals surface area contributed by atoms with Gasteiger partial charge in [0.1, 0.15) is 0 Å². The number of nitrogens with zero attached hydrogens (tertiary/aromatic N) is 4. The number of carbonyl (C=O) groups is 2. The Labute approximate surface area is 156 Å². The van der Waals surface area contributed by atoms with Crippen molar-refractivity contribution in [3.05, 3.63) is 65.5 Å². The predicted octanol–water partition coefficient (Wildman–Crippen LogP) is 2.38. The Morgan fingerprint density at radius 1 is 1.07 bits per heavy atom. The van der Waals surface area contributed by atoms with Gasteiger partial charge in [-0.1, -0.05) is 18.2 Å². The normalized spacial score (nSPS) is 10.5. The van der Waals surface area contributed by atoms with Crippen LogP contribution in [0.4, 0.5) is 5.69 Å². The van der Waals surface area contributed by atoms with Crippen molar-refractivity contribution in [2.75, 3.05) is 11.9 Å². The molecule has 0 bridgehead atoms. The Morgan fingerprint density at radius 3 is 2.48 bits per heavy atom. The molecule has 3 aromatic rings. The van der Waals surface area contributed by atoms with Crippen molar-refractivity contribution >= 4 is 17.6 Å². The summed E-state index contributed by atoms with van der Waals surface area (Å²) in [4.78, 5) is 32.0. The van der Waals surface area contributed by atoms with E-state index in [4.69, 9.17) is 4.74 Å². The predicted molar refractivity (Wildman–Crippen MR) is 98.7 cm³/mol. The van der Waals surface area contributed by atoms with E-state index in [2.05, 4.69) is 20.4 Å². The first-order valence-electron chi connectivity index (χ1n) is 8.33. The van der Waals surface area contributed by atoms with Crippen molar-refractivity contribution in [2.45, 2.75) is 20.8 Å². The second-order valence-corrected chi connectivity index (χ2v) is 5.96. The largest absolute Gasteiger partial charge is 0.451 e. The van der Waals surface area contributed by atoms with E-state index < -0.39 is 18.5 Å². The number of carbonyl (C=O) groups excluding carboxylic acids is 2. The van der Waals surface area contributed by atoms with Gasteiger partial charge in [0.15, 0.2) is 12.3 Å². The second kappa shape index (κ2) is 7.77. The van der Waals surface area contributed by atoms with Gasteiger partial charge in [-0.25, -0.2) is 14.5 Å². The smallest absolute Gasteiger partial charge is 0.359 e. The molecule has 0 radical (unpaired) electrons. The van der Waals surface area contributed by atoms with E-state index in [0.717, 1.165) is 11.4 Å². The summed E-state index contributed by atoms with van der Waals surface area (Å²) in [5.41, 5.74) is 3.67. The number of aryl methyl sites for hydroxylation is 2. The Kier molecular flexibility index (Phi) is 5.25.